The third-order valence-electron chi connectivity index (χ3n) is 2.65. The first-order valence-electron chi connectivity index (χ1n) is 5.72. The minimum atomic E-state index is -1.08. The van der Waals surface area contributed by atoms with Gasteiger partial charge in [0.2, 0.25) is 0 Å². The van der Waals surface area contributed by atoms with Gasteiger partial charge in [-0.05, 0) is 42.8 Å². The van der Waals surface area contributed by atoms with Crippen LogP contribution in [-0.4, -0.2) is 11.1 Å². The van der Waals surface area contributed by atoms with Crippen LogP contribution in [0, 0.1) is 18.3 Å². The summed E-state index contributed by atoms with van der Waals surface area (Å²) in [4.78, 5) is 11.2. The Balaban J connectivity index is 2.42. The molecule has 0 saturated carbocycles. The summed E-state index contributed by atoms with van der Waals surface area (Å²) in [6.07, 6.45) is 0. The number of ether oxygens (including phenoxy) is 1. The molecule has 0 saturated heterocycles. The number of hydrogen-bond donors (Lipinski definition) is 1. The van der Waals surface area contributed by atoms with Crippen LogP contribution in [0.4, 0.5) is 0 Å². The lowest BCUT2D eigenvalue weighted by atomic mass is 10.1. The van der Waals surface area contributed by atoms with Crippen LogP contribution < -0.4 is 4.74 Å². The number of carbonyl (C=O) groups is 1. The molecule has 20 heavy (non-hydrogen) atoms. The number of benzene rings is 2. The highest BCUT2D eigenvalue weighted by molar-refractivity contribution is 6.32. The first kappa shape index (κ1) is 13.9. The average molecular weight is 288 g/mol. The molecule has 4 nitrogen and oxygen atoms in total. The molecule has 0 aliphatic heterocycles. The van der Waals surface area contributed by atoms with Crippen molar-refractivity contribution in [3.63, 3.8) is 0 Å². The van der Waals surface area contributed by atoms with Gasteiger partial charge in [-0.1, -0.05) is 17.7 Å². The van der Waals surface area contributed by atoms with Gasteiger partial charge in [-0.2, -0.15) is 5.26 Å². The highest BCUT2D eigenvalue weighted by Crippen LogP contribution is 2.32. The molecule has 2 rings (SSSR count). The first-order chi connectivity index (χ1) is 9.51. The van der Waals surface area contributed by atoms with Gasteiger partial charge < -0.3 is 9.84 Å². The summed E-state index contributed by atoms with van der Waals surface area (Å²) in [7, 11) is 0. The zero-order chi connectivity index (χ0) is 14.7. The van der Waals surface area contributed by atoms with E-state index < -0.39 is 5.97 Å². The number of carboxylic acids is 1. The van der Waals surface area contributed by atoms with Gasteiger partial charge in [0, 0.05) is 0 Å². The molecule has 0 unspecified atom stereocenters. The number of hydrogen-bond acceptors (Lipinski definition) is 3. The Kier molecular flexibility index (Phi) is 3.92. The molecule has 0 radical (unpaired) electrons. The van der Waals surface area contributed by atoms with Crippen LogP contribution in [-0.2, 0) is 0 Å². The highest BCUT2D eigenvalue weighted by atomic mass is 35.5. The Bertz CT molecular complexity index is 720. The van der Waals surface area contributed by atoms with Gasteiger partial charge in [-0.15, -0.1) is 0 Å². The van der Waals surface area contributed by atoms with E-state index >= 15 is 0 Å². The fourth-order valence-corrected chi connectivity index (χ4v) is 1.88. The molecule has 100 valence electrons. The Morgan fingerprint density at radius 2 is 2.00 bits per heavy atom. The van der Waals surface area contributed by atoms with Gasteiger partial charge in [-0.25, -0.2) is 4.79 Å². The van der Waals surface area contributed by atoms with E-state index in [9.17, 15) is 4.79 Å². The zero-order valence-corrected chi connectivity index (χ0v) is 11.3. The summed E-state index contributed by atoms with van der Waals surface area (Å²) in [5, 5.41) is 18.2. The molecular formula is C15H10ClNO3. The van der Waals surface area contributed by atoms with Crippen molar-refractivity contribution in [2.45, 2.75) is 6.92 Å². The molecule has 0 spiro atoms. The molecule has 0 bridgehead atoms. The van der Waals surface area contributed by atoms with Crippen LogP contribution >= 0.6 is 11.6 Å². The van der Waals surface area contributed by atoms with Crippen LogP contribution in [0.3, 0.4) is 0 Å². The Hall–Kier alpha value is -2.51. The summed E-state index contributed by atoms with van der Waals surface area (Å²) < 4.78 is 5.56. The van der Waals surface area contributed by atoms with Crippen molar-refractivity contribution in [1.82, 2.24) is 0 Å². The minimum Gasteiger partial charge on any atom is -0.478 e. The molecule has 2 aromatic rings. The maximum Gasteiger partial charge on any atom is 0.339 e. The van der Waals surface area contributed by atoms with Gasteiger partial charge in [0.15, 0.2) is 0 Å². The van der Waals surface area contributed by atoms with E-state index in [0.29, 0.717) is 11.3 Å². The number of aromatic carboxylic acids is 1. The largest absolute Gasteiger partial charge is 0.478 e. The summed E-state index contributed by atoms with van der Waals surface area (Å²) in [5.41, 5.74) is 1.33. The van der Waals surface area contributed by atoms with Crippen molar-refractivity contribution in [2.24, 2.45) is 0 Å². The van der Waals surface area contributed by atoms with Gasteiger partial charge in [0.1, 0.15) is 17.1 Å². The van der Waals surface area contributed by atoms with E-state index in [4.69, 9.17) is 26.7 Å². The standard InChI is InChI=1S/C15H10ClNO3/c1-9-2-4-11(15(18)19)14(6-9)20-13-5-3-10(8-17)7-12(13)16/h2-7H,1H3,(H,18,19). The SMILES string of the molecule is Cc1ccc(C(=O)O)c(Oc2ccc(C#N)cc2Cl)c1. The second-order valence-electron chi connectivity index (χ2n) is 4.16. The van der Waals surface area contributed by atoms with Crippen LogP contribution in [0.15, 0.2) is 36.4 Å². The molecule has 0 heterocycles. The second-order valence-corrected chi connectivity index (χ2v) is 4.57. The fraction of sp³-hybridized carbons (Fsp3) is 0.0667. The van der Waals surface area contributed by atoms with Crippen molar-refractivity contribution in [2.75, 3.05) is 0 Å². The zero-order valence-electron chi connectivity index (χ0n) is 10.6. The van der Waals surface area contributed by atoms with Gasteiger partial charge in [-0.3, -0.25) is 0 Å². The molecule has 2 aromatic carbocycles. The first-order valence-corrected chi connectivity index (χ1v) is 6.10. The lowest BCUT2D eigenvalue weighted by molar-refractivity contribution is 0.0694. The maximum absolute atomic E-state index is 11.2. The molecule has 5 heteroatoms. The van der Waals surface area contributed by atoms with E-state index in [2.05, 4.69) is 0 Å². The lowest BCUT2D eigenvalue weighted by Crippen LogP contribution is -2.00. The third kappa shape index (κ3) is 2.90. The van der Waals surface area contributed by atoms with Crippen LogP contribution in [0.2, 0.25) is 5.02 Å². The average Bonchev–Trinajstić information content (AvgIpc) is 2.40. The normalized spacial score (nSPS) is 9.85. The molecule has 0 aliphatic rings. The van der Waals surface area contributed by atoms with Crippen LogP contribution in [0.5, 0.6) is 11.5 Å². The summed E-state index contributed by atoms with van der Waals surface area (Å²) in [6.45, 7) is 1.83. The molecule has 0 aliphatic carbocycles. The van der Waals surface area contributed by atoms with Crippen molar-refractivity contribution >= 4 is 17.6 Å². The second kappa shape index (κ2) is 5.64. The number of rotatable bonds is 3. The topological polar surface area (TPSA) is 70.3 Å². The van der Waals surface area contributed by atoms with E-state index in [-0.39, 0.29) is 16.3 Å². The monoisotopic (exact) mass is 287 g/mol. The molecule has 0 fully saturated rings. The van der Waals surface area contributed by atoms with Crippen molar-refractivity contribution in [1.29, 1.82) is 5.26 Å². The number of halogens is 1. The molecule has 0 amide bonds. The molecule has 1 N–H and O–H groups in total. The number of nitriles is 1. The van der Waals surface area contributed by atoms with Crippen LogP contribution in [0.1, 0.15) is 21.5 Å². The highest BCUT2D eigenvalue weighted by Gasteiger charge is 2.13. The maximum atomic E-state index is 11.2. The molecule has 0 aromatic heterocycles. The summed E-state index contributed by atoms with van der Waals surface area (Å²) in [5.74, 6) is -0.562. The van der Waals surface area contributed by atoms with Crippen molar-refractivity contribution in [3.8, 4) is 17.6 Å². The Labute approximate surface area is 120 Å². The summed E-state index contributed by atoms with van der Waals surface area (Å²) >= 11 is 6.01. The predicted molar refractivity (Wildman–Crippen MR) is 74.4 cm³/mol. The van der Waals surface area contributed by atoms with E-state index in [1.807, 2.05) is 13.0 Å². The summed E-state index contributed by atoms with van der Waals surface area (Å²) in [6, 6.07) is 11.3. The van der Waals surface area contributed by atoms with E-state index in [1.165, 1.54) is 18.2 Å². The van der Waals surface area contributed by atoms with Gasteiger partial charge in [0.25, 0.3) is 0 Å². The lowest BCUT2D eigenvalue weighted by Gasteiger charge is -2.11. The van der Waals surface area contributed by atoms with E-state index in [0.717, 1.165) is 5.56 Å². The predicted octanol–water partition coefficient (Wildman–Crippen LogP) is 4.01. The molecular weight excluding hydrogens is 278 g/mol. The third-order valence-corrected chi connectivity index (χ3v) is 2.94. The molecule has 0 atom stereocenters. The number of carboxylic acid groups (broad SMARTS) is 1. The van der Waals surface area contributed by atoms with Crippen LogP contribution in [0.25, 0.3) is 0 Å². The number of nitrogens with zero attached hydrogens (tertiary/aromatic N) is 1. The van der Waals surface area contributed by atoms with E-state index in [1.54, 1.807) is 18.2 Å². The quantitative estimate of drug-likeness (QED) is 0.926. The number of aryl methyl sites for hydroxylation is 1. The van der Waals surface area contributed by atoms with Crippen molar-refractivity contribution in [3.05, 3.63) is 58.1 Å². The van der Waals surface area contributed by atoms with Crippen molar-refractivity contribution < 1.29 is 14.6 Å². The Morgan fingerprint density at radius 1 is 1.25 bits per heavy atom. The minimum absolute atomic E-state index is 0.0519. The van der Waals surface area contributed by atoms with Gasteiger partial charge >= 0.3 is 5.97 Å². The van der Waals surface area contributed by atoms with Gasteiger partial charge in [0.05, 0.1) is 16.7 Å². The fourth-order valence-electron chi connectivity index (χ4n) is 1.66. The Morgan fingerprint density at radius 3 is 2.60 bits per heavy atom. The smallest absolute Gasteiger partial charge is 0.339 e.